The Morgan fingerprint density at radius 1 is 0.284 bits per heavy atom. The summed E-state index contributed by atoms with van der Waals surface area (Å²) in [5.41, 5.74) is 15.0. The van der Waals surface area contributed by atoms with E-state index in [1.807, 2.05) is 55.4 Å². The summed E-state index contributed by atoms with van der Waals surface area (Å²) in [5, 5.41) is 0. The molecule has 6 heteroatoms. The molecule has 9 aliphatic rings. The van der Waals surface area contributed by atoms with Gasteiger partial charge in [-0.15, -0.1) is 0 Å². The molecular formula is C75H66N6. The Balaban J connectivity index is 0.668. The number of benzene rings is 1. The molecule has 0 aliphatic heterocycles. The molecule has 7 aromatic rings. The average molecular weight is 1050 g/mol. The molecule has 0 amide bonds. The van der Waals surface area contributed by atoms with Crippen LogP contribution in [0.15, 0.2) is 128 Å². The predicted octanol–water partition coefficient (Wildman–Crippen LogP) is 14.8. The highest BCUT2D eigenvalue weighted by Crippen LogP contribution is 2.74. The van der Waals surface area contributed by atoms with Crippen LogP contribution in [-0.4, -0.2) is 29.9 Å². The second-order valence-electron chi connectivity index (χ2n) is 24.8. The third kappa shape index (κ3) is 11.0. The molecular weight excluding hydrogens is 985 g/mol. The minimum absolute atomic E-state index is 0.0201. The van der Waals surface area contributed by atoms with Gasteiger partial charge in [0.05, 0.1) is 34.2 Å². The molecule has 6 bridgehead atoms. The van der Waals surface area contributed by atoms with Crippen LogP contribution in [0.25, 0.3) is 34.2 Å². The van der Waals surface area contributed by atoms with E-state index in [4.69, 9.17) is 15.0 Å². The van der Waals surface area contributed by atoms with Gasteiger partial charge in [-0.3, -0.25) is 29.9 Å². The zero-order chi connectivity index (χ0) is 55.0. The van der Waals surface area contributed by atoms with Gasteiger partial charge < -0.3 is 0 Å². The molecule has 0 spiro atoms. The summed E-state index contributed by atoms with van der Waals surface area (Å²) in [6.45, 7) is 6.65. The fourth-order valence-corrected chi connectivity index (χ4v) is 13.4. The fourth-order valence-electron chi connectivity index (χ4n) is 13.4. The molecule has 9 saturated carbocycles. The predicted molar refractivity (Wildman–Crippen MR) is 322 cm³/mol. The van der Waals surface area contributed by atoms with Gasteiger partial charge in [-0.05, 0) is 186 Å². The standard InChI is InChI=1S/C75H66N6/c1-4-7-10-55-13-19-64(76-40-55)67-22-16-58(43-79-67)25-31-70-46-73(47-70,48-70)34-28-61-37-62(29-35-74-49-71(50-74,51-74)32-26-59-17-23-68(80-44-59)65-20-14-56(41-77-65)11-8-5-2)39-63(38-61)30-36-75-52-72(53-75,54-75)33-27-60-18-24-69(81-45-60)66-21-15-57(42-78-66)12-9-6-3/h13-24,37-45H,4-12,46-54H2,1-3H3. The van der Waals surface area contributed by atoms with Gasteiger partial charge in [0.25, 0.3) is 0 Å². The summed E-state index contributed by atoms with van der Waals surface area (Å²) < 4.78 is 0. The average Bonchev–Trinajstić information content (AvgIpc) is 1.25. The molecule has 16 rings (SSSR count). The lowest BCUT2D eigenvalue weighted by Crippen LogP contribution is -2.60. The molecule has 9 aliphatic carbocycles. The van der Waals surface area contributed by atoms with Crippen LogP contribution >= 0.6 is 0 Å². The first kappa shape index (κ1) is 51.9. The molecule has 6 nitrogen and oxygen atoms in total. The number of pyridine rings is 6. The Hall–Kier alpha value is -8.52. The molecule has 9 fully saturated rings. The molecule has 396 valence electrons. The number of rotatable bonds is 12. The van der Waals surface area contributed by atoms with Crippen molar-refractivity contribution in [1.29, 1.82) is 0 Å². The van der Waals surface area contributed by atoms with Crippen LogP contribution < -0.4 is 0 Å². The van der Waals surface area contributed by atoms with Gasteiger partial charge >= 0.3 is 0 Å². The van der Waals surface area contributed by atoms with Crippen LogP contribution in [-0.2, 0) is 19.3 Å². The van der Waals surface area contributed by atoms with Crippen LogP contribution in [0.2, 0.25) is 0 Å². The first-order valence-corrected chi connectivity index (χ1v) is 29.6. The lowest BCUT2D eigenvalue weighted by molar-refractivity contribution is -0.113. The van der Waals surface area contributed by atoms with Gasteiger partial charge in [-0.1, -0.05) is 129 Å². The Morgan fingerprint density at radius 2 is 0.506 bits per heavy atom. The van der Waals surface area contributed by atoms with Crippen molar-refractivity contribution in [3.63, 3.8) is 0 Å². The second-order valence-corrected chi connectivity index (χ2v) is 24.8. The summed E-state index contributed by atoms with van der Waals surface area (Å²) in [5.74, 6) is 43.2. The minimum atomic E-state index is 0.0201. The zero-order valence-corrected chi connectivity index (χ0v) is 47.0. The molecule has 81 heavy (non-hydrogen) atoms. The highest BCUT2D eigenvalue weighted by atomic mass is 14.8. The van der Waals surface area contributed by atoms with Gasteiger partial charge in [0.1, 0.15) is 0 Å². The monoisotopic (exact) mass is 1050 g/mol. The van der Waals surface area contributed by atoms with Gasteiger partial charge in [0.15, 0.2) is 0 Å². The zero-order valence-electron chi connectivity index (χ0n) is 47.0. The lowest BCUT2D eigenvalue weighted by atomic mass is 9.36. The van der Waals surface area contributed by atoms with Crippen LogP contribution in [0, 0.1) is 104 Å². The van der Waals surface area contributed by atoms with Crippen molar-refractivity contribution in [3.05, 3.63) is 178 Å². The van der Waals surface area contributed by atoms with Crippen molar-refractivity contribution >= 4 is 0 Å². The number of aryl methyl sites for hydroxylation is 3. The van der Waals surface area contributed by atoms with E-state index in [0.29, 0.717) is 0 Å². The van der Waals surface area contributed by atoms with E-state index >= 15 is 0 Å². The van der Waals surface area contributed by atoms with E-state index in [1.165, 1.54) is 55.2 Å². The molecule has 0 saturated heterocycles. The quantitative estimate of drug-likeness (QED) is 0.114. The number of hydrogen-bond acceptors (Lipinski definition) is 6. The van der Waals surface area contributed by atoms with E-state index in [1.54, 1.807) is 0 Å². The molecule has 0 N–H and O–H groups in total. The lowest BCUT2D eigenvalue weighted by Gasteiger charge is -2.65. The highest BCUT2D eigenvalue weighted by molar-refractivity contribution is 5.60. The minimum Gasteiger partial charge on any atom is -0.254 e. The summed E-state index contributed by atoms with van der Waals surface area (Å²) in [6, 6.07) is 31.5. The summed E-state index contributed by atoms with van der Waals surface area (Å²) in [7, 11) is 0. The van der Waals surface area contributed by atoms with Gasteiger partial charge in [-0.2, -0.15) is 0 Å². The third-order valence-corrected chi connectivity index (χ3v) is 17.9. The fraction of sp³-hybridized carbons (Fsp3) is 0.360. The first-order chi connectivity index (χ1) is 39.5. The summed E-state index contributed by atoms with van der Waals surface area (Å²) >= 11 is 0. The topological polar surface area (TPSA) is 77.3 Å². The first-order valence-electron chi connectivity index (χ1n) is 29.6. The molecule has 6 aromatic heterocycles. The SMILES string of the molecule is CCCCc1ccc(-c2ccc(C#CC34CC(C#Cc5cc(C#CC67CC(C#Cc8ccc(-c9ccc(CCCC)cn9)nc8)(C6)C7)cc(C#CC67CC(C#Cc8ccc(-c9ccc(CCCC)cn9)nc8)(C6)C7)c5)(C3)C4)cn2)nc1. The van der Waals surface area contributed by atoms with Crippen molar-refractivity contribution in [1.82, 2.24) is 29.9 Å². The number of nitrogens with zero attached hydrogens (tertiary/aromatic N) is 6. The van der Waals surface area contributed by atoms with Crippen molar-refractivity contribution in [2.45, 2.75) is 136 Å². The molecule has 0 unspecified atom stereocenters. The van der Waals surface area contributed by atoms with Crippen molar-refractivity contribution in [3.8, 4) is 105 Å². The maximum absolute atomic E-state index is 4.71. The Morgan fingerprint density at radius 3 is 0.704 bits per heavy atom. The number of unbranched alkanes of at least 4 members (excludes halogenated alkanes) is 3. The maximum Gasteiger partial charge on any atom is 0.0887 e. The Labute approximate surface area is 479 Å². The molecule has 0 atom stereocenters. The summed E-state index contributed by atoms with van der Waals surface area (Å²) in [6.07, 6.45) is 30.9. The summed E-state index contributed by atoms with van der Waals surface area (Å²) in [4.78, 5) is 28.2. The van der Waals surface area contributed by atoms with E-state index in [9.17, 15) is 0 Å². The molecule has 0 radical (unpaired) electrons. The second kappa shape index (κ2) is 21.2. The Bertz CT molecular complexity index is 3460. The van der Waals surface area contributed by atoms with Crippen molar-refractivity contribution in [2.75, 3.05) is 0 Å². The van der Waals surface area contributed by atoms with Crippen LogP contribution in [0.4, 0.5) is 0 Å². The normalized spacial score (nSPS) is 24.9. The van der Waals surface area contributed by atoms with Crippen LogP contribution in [0.1, 0.15) is 167 Å². The number of aromatic nitrogens is 6. The van der Waals surface area contributed by atoms with Gasteiger partial charge in [-0.25, -0.2) is 0 Å². The van der Waals surface area contributed by atoms with Crippen LogP contribution in [0.3, 0.4) is 0 Å². The van der Waals surface area contributed by atoms with Gasteiger partial charge in [0.2, 0.25) is 0 Å². The van der Waals surface area contributed by atoms with Gasteiger partial charge in [0, 0.05) is 103 Å². The van der Waals surface area contributed by atoms with Crippen molar-refractivity contribution < 1.29 is 0 Å². The largest absolute Gasteiger partial charge is 0.254 e. The van der Waals surface area contributed by atoms with E-state index < -0.39 is 0 Å². The Kier molecular flexibility index (Phi) is 13.6. The number of hydrogen-bond donors (Lipinski definition) is 0. The smallest absolute Gasteiger partial charge is 0.0887 e. The van der Waals surface area contributed by atoms with E-state index in [0.717, 1.165) is 145 Å². The van der Waals surface area contributed by atoms with Crippen LogP contribution in [0.5, 0.6) is 0 Å². The third-order valence-electron chi connectivity index (χ3n) is 17.9. The van der Waals surface area contributed by atoms with Crippen molar-refractivity contribution in [2.24, 2.45) is 32.5 Å². The molecule has 6 heterocycles. The highest BCUT2D eigenvalue weighted by Gasteiger charge is 2.68. The molecule has 1 aromatic carbocycles. The maximum atomic E-state index is 4.71. The van der Waals surface area contributed by atoms with E-state index in [2.05, 4.69) is 180 Å². The van der Waals surface area contributed by atoms with E-state index in [-0.39, 0.29) is 32.5 Å².